The van der Waals surface area contributed by atoms with Crippen LogP contribution in [0.1, 0.15) is 16.7 Å². The lowest BCUT2D eigenvalue weighted by atomic mass is 9.93. The molecular weight excluding hydrogens is 204 g/mol. The second kappa shape index (κ2) is 3.59. The van der Waals surface area contributed by atoms with Crippen molar-refractivity contribution >= 4 is 21.5 Å². The summed E-state index contributed by atoms with van der Waals surface area (Å²) in [5.41, 5.74) is 4.13. The van der Waals surface area contributed by atoms with Crippen LogP contribution in [-0.4, -0.2) is 0 Å². The topological polar surface area (TPSA) is 0 Å². The maximum Gasteiger partial charge on any atom is -0.0102 e. The molecule has 0 saturated carbocycles. The molecule has 0 aromatic heterocycles. The van der Waals surface area contributed by atoms with E-state index >= 15 is 0 Å². The van der Waals surface area contributed by atoms with Crippen molar-refractivity contribution in [3.8, 4) is 0 Å². The molecule has 0 aliphatic heterocycles. The van der Waals surface area contributed by atoms with Crippen LogP contribution in [0.25, 0.3) is 21.5 Å². The summed E-state index contributed by atoms with van der Waals surface area (Å²) in [6.07, 6.45) is 0. The highest BCUT2D eigenvalue weighted by atomic mass is 14.1. The highest BCUT2D eigenvalue weighted by molar-refractivity contribution is 6.10. The first-order chi connectivity index (χ1) is 8.18. The van der Waals surface area contributed by atoms with Gasteiger partial charge in [0.05, 0.1) is 0 Å². The van der Waals surface area contributed by atoms with Crippen molar-refractivity contribution < 1.29 is 0 Å². The van der Waals surface area contributed by atoms with Crippen LogP contribution < -0.4 is 0 Å². The Hall–Kier alpha value is -1.82. The second-order valence-corrected chi connectivity index (χ2v) is 4.84. The molecule has 3 rings (SSSR count). The summed E-state index contributed by atoms with van der Waals surface area (Å²) in [5, 5.41) is 5.49. The van der Waals surface area contributed by atoms with E-state index in [4.69, 9.17) is 0 Å². The minimum absolute atomic E-state index is 1.36. The van der Waals surface area contributed by atoms with E-state index in [1.165, 1.54) is 38.2 Å². The molecule has 0 nitrogen and oxygen atoms in total. The molecule has 0 unspecified atom stereocenters. The van der Waals surface area contributed by atoms with Gasteiger partial charge in [-0.15, -0.1) is 0 Å². The van der Waals surface area contributed by atoms with E-state index in [1.54, 1.807) is 0 Å². The molecule has 0 heterocycles. The van der Waals surface area contributed by atoms with Gasteiger partial charge in [-0.2, -0.15) is 0 Å². The van der Waals surface area contributed by atoms with Gasteiger partial charge in [-0.3, -0.25) is 0 Å². The first-order valence-corrected chi connectivity index (χ1v) is 6.07. The summed E-state index contributed by atoms with van der Waals surface area (Å²) >= 11 is 0. The number of hydrogen-bond donors (Lipinski definition) is 0. The Morgan fingerprint density at radius 1 is 0.588 bits per heavy atom. The smallest absolute Gasteiger partial charge is 0.0102 e. The van der Waals surface area contributed by atoms with E-state index < -0.39 is 0 Å². The zero-order valence-electron chi connectivity index (χ0n) is 10.5. The summed E-state index contributed by atoms with van der Waals surface area (Å²) in [6, 6.07) is 15.5. The van der Waals surface area contributed by atoms with E-state index in [9.17, 15) is 0 Å². The molecule has 0 atom stereocenters. The molecule has 0 aliphatic rings. The van der Waals surface area contributed by atoms with Gasteiger partial charge in [0, 0.05) is 0 Å². The molecule has 0 saturated heterocycles. The van der Waals surface area contributed by atoms with Crippen LogP contribution >= 0.6 is 0 Å². The standard InChI is InChI=1S/C17H16/c1-11-8-9-16-15-7-5-4-6-14(15)12(2)10-17(16)13(11)3/h4-10H,1-3H3. The monoisotopic (exact) mass is 220 g/mol. The number of benzene rings is 3. The summed E-state index contributed by atoms with van der Waals surface area (Å²) in [6.45, 7) is 6.59. The number of hydrogen-bond acceptors (Lipinski definition) is 0. The summed E-state index contributed by atoms with van der Waals surface area (Å²) in [4.78, 5) is 0. The normalized spacial score (nSPS) is 11.2. The van der Waals surface area contributed by atoms with Crippen LogP contribution in [-0.2, 0) is 0 Å². The van der Waals surface area contributed by atoms with Gasteiger partial charge in [0.15, 0.2) is 0 Å². The highest BCUT2D eigenvalue weighted by Crippen LogP contribution is 2.31. The maximum absolute atomic E-state index is 2.32. The quantitative estimate of drug-likeness (QED) is 0.472. The molecule has 0 N–H and O–H groups in total. The minimum Gasteiger partial charge on any atom is -0.0616 e. The van der Waals surface area contributed by atoms with Gasteiger partial charge in [-0.05, 0) is 59.0 Å². The fraction of sp³-hybridized carbons (Fsp3) is 0.176. The molecule has 84 valence electrons. The van der Waals surface area contributed by atoms with Crippen molar-refractivity contribution in [1.82, 2.24) is 0 Å². The molecule has 0 heteroatoms. The van der Waals surface area contributed by atoms with E-state index in [0.29, 0.717) is 0 Å². The third kappa shape index (κ3) is 1.44. The fourth-order valence-electron chi connectivity index (χ4n) is 2.61. The molecule has 0 amide bonds. The van der Waals surface area contributed by atoms with Crippen LogP contribution in [0.4, 0.5) is 0 Å². The number of aryl methyl sites for hydroxylation is 3. The zero-order valence-corrected chi connectivity index (χ0v) is 10.5. The van der Waals surface area contributed by atoms with Crippen LogP contribution in [0.2, 0.25) is 0 Å². The molecule has 0 aliphatic carbocycles. The summed E-state index contributed by atoms with van der Waals surface area (Å²) in [5.74, 6) is 0. The largest absolute Gasteiger partial charge is 0.0616 e. The first kappa shape index (κ1) is 10.3. The molecule has 17 heavy (non-hydrogen) atoms. The van der Waals surface area contributed by atoms with E-state index in [-0.39, 0.29) is 0 Å². The molecule has 3 aromatic rings. The molecule has 0 bridgehead atoms. The molecule has 0 radical (unpaired) electrons. The predicted octanol–water partition coefficient (Wildman–Crippen LogP) is 4.92. The van der Waals surface area contributed by atoms with Gasteiger partial charge < -0.3 is 0 Å². The Morgan fingerprint density at radius 3 is 2.00 bits per heavy atom. The summed E-state index contributed by atoms with van der Waals surface area (Å²) < 4.78 is 0. The minimum atomic E-state index is 1.36. The summed E-state index contributed by atoms with van der Waals surface area (Å²) in [7, 11) is 0. The Bertz CT molecular complexity index is 721. The molecule has 0 fully saturated rings. The fourth-order valence-corrected chi connectivity index (χ4v) is 2.61. The lowest BCUT2D eigenvalue weighted by molar-refractivity contribution is 1.38. The zero-order chi connectivity index (χ0) is 12.0. The number of fused-ring (bicyclic) bond motifs is 3. The maximum atomic E-state index is 2.32. The third-order valence-corrected chi connectivity index (χ3v) is 3.79. The van der Waals surface area contributed by atoms with Gasteiger partial charge in [-0.25, -0.2) is 0 Å². The SMILES string of the molecule is Cc1ccc2c(cc(C)c3ccccc32)c1C. The Kier molecular flexibility index (Phi) is 2.19. The second-order valence-electron chi connectivity index (χ2n) is 4.84. The van der Waals surface area contributed by atoms with Crippen LogP contribution in [0.3, 0.4) is 0 Å². The predicted molar refractivity (Wildman–Crippen MR) is 75.7 cm³/mol. The third-order valence-electron chi connectivity index (χ3n) is 3.79. The highest BCUT2D eigenvalue weighted by Gasteiger charge is 2.06. The molecule has 3 aromatic carbocycles. The van der Waals surface area contributed by atoms with Crippen molar-refractivity contribution in [3.63, 3.8) is 0 Å². The van der Waals surface area contributed by atoms with Crippen molar-refractivity contribution in [2.75, 3.05) is 0 Å². The molecule has 0 spiro atoms. The Morgan fingerprint density at radius 2 is 1.24 bits per heavy atom. The van der Waals surface area contributed by atoms with Gasteiger partial charge in [0.1, 0.15) is 0 Å². The lowest BCUT2D eigenvalue weighted by Gasteiger charge is -2.11. The van der Waals surface area contributed by atoms with E-state index in [1.807, 2.05) is 0 Å². The average Bonchev–Trinajstić information content (AvgIpc) is 2.35. The first-order valence-electron chi connectivity index (χ1n) is 6.07. The Labute approximate surface area is 102 Å². The average molecular weight is 220 g/mol. The van der Waals surface area contributed by atoms with Gasteiger partial charge in [0.25, 0.3) is 0 Å². The van der Waals surface area contributed by atoms with Crippen LogP contribution in [0.15, 0.2) is 42.5 Å². The van der Waals surface area contributed by atoms with Gasteiger partial charge >= 0.3 is 0 Å². The van der Waals surface area contributed by atoms with Crippen LogP contribution in [0, 0.1) is 20.8 Å². The van der Waals surface area contributed by atoms with Crippen molar-refractivity contribution in [1.29, 1.82) is 0 Å². The number of rotatable bonds is 0. The Balaban J connectivity index is 2.62. The van der Waals surface area contributed by atoms with E-state index in [2.05, 4.69) is 63.2 Å². The lowest BCUT2D eigenvalue weighted by Crippen LogP contribution is -1.87. The van der Waals surface area contributed by atoms with Crippen molar-refractivity contribution in [2.45, 2.75) is 20.8 Å². The van der Waals surface area contributed by atoms with Gasteiger partial charge in [0.2, 0.25) is 0 Å². The van der Waals surface area contributed by atoms with E-state index in [0.717, 1.165) is 0 Å². The van der Waals surface area contributed by atoms with Crippen molar-refractivity contribution in [3.05, 3.63) is 59.2 Å². The van der Waals surface area contributed by atoms with Crippen LogP contribution in [0.5, 0.6) is 0 Å². The van der Waals surface area contributed by atoms with Gasteiger partial charge in [-0.1, -0.05) is 42.5 Å². The molecular formula is C17H16. The van der Waals surface area contributed by atoms with Crippen molar-refractivity contribution in [2.24, 2.45) is 0 Å².